The molecule has 23 heavy (non-hydrogen) atoms. The van der Waals surface area contributed by atoms with Crippen molar-refractivity contribution in [1.82, 2.24) is 0 Å². The van der Waals surface area contributed by atoms with E-state index in [0.29, 0.717) is 25.3 Å². The van der Waals surface area contributed by atoms with Gasteiger partial charge in [0.05, 0.1) is 6.33 Å². The minimum absolute atomic E-state index is 0.0166. The third-order valence-corrected chi connectivity index (χ3v) is 2.97. The summed E-state index contributed by atoms with van der Waals surface area (Å²) < 4.78 is 95.3. The lowest BCUT2D eigenvalue weighted by Crippen LogP contribution is -2.56. The van der Waals surface area contributed by atoms with Crippen LogP contribution in [0.25, 0.3) is 0 Å². The predicted octanol–water partition coefficient (Wildman–Crippen LogP) is 5.09. The molecule has 1 aliphatic rings. The van der Waals surface area contributed by atoms with Gasteiger partial charge in [0, 0.05) is 12.8 Å². The summed E-state index contributed by atoms with van der Waals surface area (Å²) in [5.74, 6) is -1.58. The SMILES string of the molecule is CCCCCC1=NC(C(F)(F)F)(C(F)(F)F)N=C(CC=CF)O1. The Morgan fingerprint density at radius 1 is 1.00 bits per heavy atom. The summed E-state index contributed by atoms with van der Waals surface area (Å²) >= 11 is 0. The highest BCUT2D eigenvalue weighted by atomic mass is 19.4. The van der Waals surface area contributed by atoms with Crippen LogP contribution in [-0.4, -0.2) is 29.8 Å². The van der Waals surface area contributed by atoms with E-state index in [0.717, 1.165) is 0 Å². The van der Waals surface area contributed by atoms with Crippen molar-refractivity contribution in [2.45, 2.75) is 57.0 Å². The molecule has 0 aromatic heterocycles. The van der Waals surface area contributed by atoms with E-state index in [1.54, 1.807) is 0 Å². The summed E-state index contributed by atoms with van der Waals surface area (Å²) in [7, 11) is 0. The Labute approximate surface area is 127 Å². The molecule has 1 aliphatic heterocycles. The Bertz CT molecular complexity index is 478. The molecule has 0 bridgehead atoms. The van der Waals surface area contributed by atoms with Crippen LogP contribution in [0.1, 0.15) is 39.0 Å². The molecule has 0 unspecified atom stereocenters. The Hall–Kier alpha value is -1.61. The van der Waals surface area contributed by atoms with Crippen molar-refractivity contribution in [3.05, 3.63) is 12.4 Å². The van der Waals surface area contributed by atoms with Crippen molar-refractivity contribution in [3.63, 3.8) is 0 Å². The van der Waals surface area contributed by atoms with Crippen LogP contribution >= 0.6 is 0 Å². The first kappa shape index (κ1) is 19.4. The van der Waals surface area contributed by atoms with Gasteiger partial charge in [-0.2, -0.15) is 26.3 Å². The van der Waals surface area contributed by atoms with Crippen LogP contribution in [0, 0.1) is 0 Å². The molecule has 1 rings (SSSR count). The van der Waals surface area contributed by atoms with E-state index in [1.165, 1.54) is 0 Å². The molecule has 0 atom stereocenters. The average Bonchev–Trinajstić information content (AvgIpc) is 2.43. The van der Waals surface area contributed by atoms with Gasteiger partial charge in [-0.05, 0) is 12.5 Å². The number of hydrogen-bond donors (Lipinski definition) is 0. The molecule has 0 aliphatic carbocycles. The second-order valence-electron chi connectivity index (χ2n) is 4.80. The fourth-order valence-corrected chi connectivity index (χ4v) is 1.85. The first-order valence-corrected chi connectivity index (χ1v) is 6.81. The molecule has 0 spiro atoms. The van der Waals surface area contributed by atoms with Crippen molar-refractivity contribution in [2.75, 3.05) is 0 Å². The third kappa shape index (κ3) is 4.44. The largest absolute Gasteiger partial charge is 0.443 e. The number of unbranched alkanes of at least 4 members (excludes halogenated alkanes) is 2. The van der Waals surface area contributed by atoms with Crippen LogP contribution in [-0.2, 0) is 4.74 Å². The Morgan fingerprint density at radius 3 is 2.04 bits per heavy atom. The normalized spacial score (nSPS) is 18.6. The molecule has 0 N–H and O–H groups in total. The van der Waals surface area contributed by atoms with E-state index < -0.39 is 36.2 Å². The first-order valence-electron chi connectivity index (χ1n) is 6.81. The molecule has 132 valence electrons. The zero-order chi connectivity index (χ0) is 17.7. The molecular weight excluding hydrogens is 333 g/mol. The summed E-state index contributed by atoms with van der Waals surface area (Å²) in [6, 6.07) is 0. The zero-order valence-corrected chi connectivity index (χ0v) is 12.1. The van der Waals surface area contributed by atoms with E-state index >= 15 is 0 Å². The Balaban J connectivity index is 3.28. The fourth-order valence-electron chi connectivity index (χ4n) is 1.85. The molecule has 0 aromatic rings. The number of hydrogen-bond acceptors (Lipinski definition) is 3. The highest BCUT2D eigenvalue weighted by Gasteiger charge is 2.73. The van der Waals surface area contributed by atoms with E-state index in [-0.39, 0.29) is 12.8 Å². The molecule has 0 saturated carbocycles. The summed E-state index contributed by atoms with van der Waals surface area (Å²) in [5.41, 5.74) is -4.61. The zero-order valence-electron chi connectivity index (χ0n) is 12.1. The fraction of sp³-hybridized carbons (Fsp3) is 0.692. The Kier molecular flexibility index (Phi) is 6.18. The number of aliphatic imine (C=N–C) groups is 2. The molecule has 0 aromatic carbocycles. The summed E-state index contributed by atoms with van der Waals surface area (Å²) in [6.45, 7) is 1.82. The number of halogens is 7. The van der Waals surface area contributed by atoms with Gasteiger partial charge in [0.25, 0.3) is 0 Å². The van der Waals surface area contributed by atoms with Gasteiger partial charge in [0.15, 0.2) is 11.8 Å². The lowest BCUT2D eigenvalue weighted by Gasteiger charge is -2.33. The van der Waals surface area contributed by atoms with Crippen molar-refractivity contribution >= 4 is 11.8 Å². The smallest absolute Gasteiger partial charge is 0.429 e. The summed E-state index contributed by atoms with van der Waals surface area (Å²) in [6.07, 6.45) is -10.1. The monoisotopic (exact) mass is 348 g/mol. The van der Waals surface area contributed by atoms with Crippen molar-refractivity contribution in [2.24, 2.45) is 9.98 Å². The predicted molar refractivity (Wildman–Crippen MR) is 69.8 cm³/mol. The van der Waals surface area contributed by atoms with E-state index in [9.17, 15) is 30.7 Å². The maximum atomic E-state index is 13.1. The van der Waals surface area contributed by atoms with Crippen molar-refractivity contribution in [1.29, 1.82) is 0 Å². The number of nitrogens with zero attached hydrogens (tertiary/aromatic N) is 2. The van der Waals surface area contributed by atoms with Gasteiger partial charge < -0.3 is 4.74 Å². The summed E-state index contributed by atoms with van der Waals surface area (Å²) in [5, 5.41) is 0. The second-order valence-corrected chi connectivity index (χ2v) is 4.80. The molecule has 0 saturated heterocycles. The van der Waals surface area contributed by atoms with Crippen LogP contribution in [0.3, 0.4) is 0 Å². The van der Waals surface area contributed by atoms with Gasteiger partial charge in [-0.1, -0.05) is 19.8 Å². The van der Waals surface area contributed by atoms with Crippen LogP contribution in [0.2, 0.25) is 0 Å². The standard InChI is InChI=1S/C13H15F7N2O/c1-2-3-4-6-9-21-11(12(15,16)17,13(18,19)20)22-10(23-9)7-5-8-14/h5,8H,2-4,6-7H2,1H3. The van der Waals surface area contributed by atoms with Crippen LogP contribution in [0.5, 0.6) is 0 Å². The Morgan fingerprint density at radius 2 is 1.57 bits per heavy atom. The van der Waals surface area contributed by atoms with Gasteiger partial charge in [-0.3, -0.25) is 0 Å². The average molecular weight is 348 g/mol. The highest BCUT2D eigenvalue weighted by molar-refractivity contribution is 5.94. The molecule has 3 nitrogen and oxygen atoms in total. The molecule has 0 radical (unpaired) electrons. The van der Waals surface area contributed by atoms with Gasteiger partial charge in [0.1, 0.15) is 0 Å². The molecule has 0 amide bonds. The molecular formula is C13H15F7N2O. The van der Waals surface area contributed by atoms with E-state index in [2.05, 4.69) is 9.98 Å². The maximum Gasteiger partial charge on any atom is 0.443 e. The first-order chi connectivity index (χ1) is 10.6. The molecule has 1 heterocycles. The maximum absolute atomic E-state index is 13.1. The van der Waals surface area contributed by atoms with Gasteiger partial charge in [-0.15, -0.1) is 0 Å². The van der Waals surface area contributed by atoms with Gasteiger partial charge in [0.2, 0.25) is 0 Å². The second kappa shape index (κ2) is 7.31. The van der Waals surface area contributed by atoms with E-state index in [1.807, 2.05) is 6.92 Å². The van der Waals surface area contributed by atoms with Gasteiger partial charge >= 0.3 is 18.0 Å². The van der Waals surface area contributed by atoms with Crippen LogP contribution in [0.15, 0.2) is 22.4 Å². The van der Waals surface area contributed by atoms with Crippen molar-refractivity contribution < 1.29 is 35.5 Å². The van der Waals surface area contributed by atoms with Gasteiger partial charge in [-0.25, -0.2) is 14.4 Å². The number of alkyl halides is 6. The highest BCUT2D eigenvalue weighted by Crippen LogP contribution is 2.48. The lowest BCUT2D eigenvalue weighted by molar-refractivity contribution is -0.293. The number of ether oxygens (including phenoxy) is 1. The summed E-state index contributed by atoms with van der Waals surface area (Å²) in [4.78, 5) is 5.34. The minimum Gasteiger partial charge on any atom is -0.429 e. The quantitative estimate of drug-likeness (QED) is 0.486. The van der Waals surface area contributed by atoms with E-state index in [4.69, 9.17) is 4.74 Å². The van der Waals surface area contributed by atoms with Crippen LogP contribution < -0.4 is 0 Å². The lowest BCUT2D eigenvalue weighted by atomic mass is 10.1. The minimum atomic E-state index is -5.80. The molecule has 0 fully saturated rings. The van der Waals surface area contributed by atoms with Crippen molar-refractivity contribution in [3.8, 4) is 0 Å². The van der Waals surface area contributed by atoms with Crippen LogP contribution in [0.4, 0.5) is 30.7 Å². The molecule has 10 heteroatoms. The third-order valence-electron chi connectivity index (χ3n) is 2.97. The number of rotatable bonds is 6. The topological polar surface area (TPSA) is 34.0 Å².